The summed E-state index contributed by atoms with van der Waals surface area (Å²) in [6.45, 7) is 11.0. The van der Waals surface area contributed by atoms with Crippen LogP contribution < -0.4 is 16.4 Å². The summed E-state index contributed by atoms with van der Waals surface area (Å²) in [5.41, 5.74) is 4.25. The van der Waals surface area contributed by atoms with Gasteiger partial charge in [-0.05, 0) is 79.0 Å². The molecule has 0 aromatic heterocycles. The number of primary amides is 1. The number of carbonyl (C=O) groups excluding carboxylic acids is 3. The summed E-state index contributed by atoms with van der Waals surface area (Å²) < 4.78 is 10.4. The van der Waals surface area contributed by atoms with Crippen molar-refractivity contribution in [2.45, 2.75) is 84.1 Å². The molecule has 2 atom stereocenters. The van der Waals surface area contributed by atoms with Crippen molar-refractivity contribution >= 4 is 18.1 Å². The minimum Gasteiger partial charge on any atom is -0.508 e. The first-order valence-corrected chi connectivity index (χ1v) is 10.2. The molecule has 0 heterocycles. The number of ether oxygens (including phenoxy) is 2. The average molecular weight is 438 g/mol. The van der Waals surface area contributed by atoms with E-state index in [0.717, 1.165) is 12.8 Å². The van der Waals surface area contributed by atoms with Crippen molar-refractivity contribution < 1.29 is 29.0 Å². The zero-order chi connectivity index (χ0) is 23.8. The molecule has 0 saturated heterocycles. The number of amides is 3. The van der Waals surface area contributed by atoms with Gasteiger partial charge in [0.05, 0.1) is 0 Å². The highest BCUT2D eigenvalue weighted by Crippen LogP contribution is 2.20. The predicted octanol–water partition coefficient (Wildman–Crippen LogP) is 3.45. The first-order chi connectivity index (χ1) is 14.1. The molecule has 1 aliphatic rings. The van der Waals surface area contributed by atoms with Crippen LogP contribution in [0.1, 0.15) is 71.2 Å². The van der Waals surface area contributed by atoms with E-state index in [0.29, 0.717) is 12.0 Å². The number of phenolic OH excluding ortho intramolecular Hbond substituents is 1. The van der Waals surface area contributed by atoms with E-state index >= 15 is 0 Å². The summed E-state index contributed by atoms with van der Waals surface area (Å²) in [4.78, 5) is 33.8. The second kappa shape index (κ2) is 10.9. The molecule has 1 aliphatic carbocycles. The highest BCUT2D eigenvalue weighted by Gasteiger charge is 2.29. The van der Waals surface area contributed by atoms with Gasteiger partial charge in [-0.25, -0.2) is 9.59 Å². The average Bonchev–Trinajstić information content (AvgIpc) is 2.98. The molecule has 0 spiro atoms. The maximum atomic E-state index is 11.7. The van der Waals surface area contributed by atoms with Crippen molar-refractivity contribution in [3.05, 3.63) is 29.8 Å². The molecule has 174 valence electrons. The number of nitrogens with two attached hydrogens (primary N) is 1. The molecule has 2 rings (SSSR count). The van der Waals surface area contributed by atoms with Gasteiger partial charge in [0, 0.05) is 17.6 Å². The Hall–Kier alpha value is -2.97. The van der Waals surface area contributed by atoms with Crippen LogP contribution in [0.3, 0.4) is 0 Å². The van der Waals surface area contributed by atoms with E-state index in [1.165, 1.54) is 12.1 Å². The number of alkyl carbamates (subject to hydrolysis) is 2. The zero-order valence-corrected chi connectivity index (χ0v) is 19.2. The molecule has 31 heavy (non-hydrogen) atoms. The lowest BCUT2D eigenvalue weighted by molar-refractivity contribution is 0.0503. The van der Waals surface area contributed by atoms with Crippen molar-refractivity contribution in [3.8, 4) is 5.75 Å². The van der Waals surface area contributed by atoms with Crippen LogP contribution in [0.15, 0.2) is 24.3 Å². The van der Waals surface area contributed by atoms with Gasteiger partial charge in [-0.15, -0.1) is 0 Å². The Bertz CT molecular complexity index is 731. The fraction of sp³-hybridized carbons (Fsp3) is 0.591. The second-order valence-corrected chi connectivity index (χ2v) is 9.41. The molecule has 0 radical (unpaired) electrons. The van der Waals surface area contributed by atoms with Gasteiger partial charge in [-0.2, -0.15) is 0 Å². The molecule has 3 amide bonds. The van der Waals surface area contributed by atoms with Gasteiger partial charge in [0.1, 0.15) is 17.0 Å². The van der Waals surface area contributed by atoms with Crippen molar-refractivity contribution in [2.75, 3.05) is 0 Å². The standard InChI is InChI=1S/C15H28N2O4.C7H7NO2/c1-14(2,3)20-12(18)16-10-7-8-11(9-10)17-13(19)21-15(4,5)6;8-7(10)5-2-1-3-6(9)4-5/h10-11H,7-9H2,1-6H3,(H,16,18)(H,17,19);1-4,9H,(H2,8,10). The number of hydrogen-bond acceptors (Lipinski definition) is 6. The van der Waals surface area contributed by atoms with Gasteiger partial charge < -0.3 is 30.9 Å². The molecule has 2 unspecified atom stereocenters. The van der Waals surface area contributed by atoms with Crippen LogP contribution in [-0.4, -0.2) is 46.5 Å². The van der Waals surface area contributed by atoms with Crippen LogP contribution in [-0.2, 0) is 9.47 Å². The Kier molecular flexibility index (Phi) is 9.15. The number of nitrogens with one attached hydrogen (secondary N) is 2. The van der Waals surface area contributed by atoms with E-state index in [1.807, 2.05) is 41.5 Å². The van der Waals surface area contributed by atoms with Crippen molar-refractivity contribution in [1.82, 2.24) is 10.6 Å². The first-order valence-electron chi connectivity index (χ1n) is 10.2. The third-order valence-corrected chi connectivity index (χ3v) is 4.01. The SMILES string of the molecule is CC(C)(C)OC(=O)NC1CCC(NC(=O)OC(C)(C)C)C1.NC(=O)c1cccc(O)c1. The van der Waals surface area contributed by atoms with Gasteiger partial charge in [-0.3, -0.25) is 4.79 Å². The predicted molar refractivity (Wildman–Crippen MR) is 117 cm³/mol. The lowest BCUT2D eigenvalue weighted by Crippen LogP contribution is -2.41. The van der Waals surface area contributed by atoms with Gasteiger partial charge in [-0.1, -0.05) is 6.07 Å². The maximum absolute atomic E-state index is 11.7. The van der Waals surface area contributed by atoms with E-state index in [-0.39, 0.29) is 17.8 Å². The van der Waals surface area contributed by atoms with E-state index in [1.54, 1.807) is 12.1 Å². The summed E-state index contributed by atoms with van der Waals surface area (Å²) in [5, 5.41) is 14.5. The third kappa shape index (κ3) is 11.7. The highest BCUT2D eigenvalue weighted by atomic mass is 16.6. The lowest BCUT2D eigenvalue weighted by atomic mass is 10.2. The minimum absolute atomic E-state index is 0.0276. The molecular weight excluding hydrogens is 402 g/mol. The Balaban J connectivity index is 0.000000399. The Morgan fingerprint density at radius 2 is 1.39 bits per heavy atom. The number of rotatable bonds is 3. The van der Waals surface area contributed by atoms with Crippen molar-refractivity contribution in [3.63, 3.8) is 0 Å². The maximum Gasteiger partial charge on any atom is 0.407 e. The van der Waals surface area contributed by atoms with E-state index < -0.39 is 29.3 Å². The molecule has 0 aliphatic heterocycles. The molecule has 9 heteroatoms. The highest BCUT2D eigenvalue weighted by molar-refractivity contribution is 5.93. The second-order valence-electron chi connectivity index (χ2n) is 9.41. The van der Waals surface area contributed by atoms with Crippen LogP contribution >= 0.6 is 0 Å². The van der Waals surface area contributed by atoms with Crippen LogP contribution in [0.5, 0.6) is 5.75 Å². The van der Waals surface area contributed by atoms with E-state index in [4.69, 9.17) is 20.3 Å². The van der Waals surface area contributed by atoms with Gasteiger partial charge >= 0.3 is 12.2 Å². The number of carbonyl (C=O) groups is 3. The van der Waals surface area contributed by atoms with Gasteiger partial charge in [0.25, 0.3) is 0 Å². The molecule has 0 bridgehead atoms. The monoisotopic (exact) mass is 437 g/mol. The molecule has 1 fully saturated rings. The lowest BCUT2D eigenvalue weighted by Gasteiger charge is -2.22. The number of aromatic hydroxyl groups is 1. The van der Waals surface area contributed by atoms with Gasteiger partial charge in [0.15, 0.2) is 0 Å². The summed E-state index contributed by atoms with van der Waals surface area (Å²) in [6, 6.07) is 5.96. The molecule has 5 N–H and O–H groups in total. The summed E-state index contributed by atoms with van der Waals surface area (Å²) in [7, 11) is 0. The normalized spacial score (nSPS) is 18.3. The molecule has 9 nitrogen and oxygen atoms in total. The molecule has 1 aromatic carbocycles. The number of benzene rings is 1. The van der Waals surface area contributed by atoms with E-state index in [9.17, 15) is 14.4 Å². The van der Waals surface area contributed by atoms with Crippen LogP contribution in [0.25, 0.3) is 0 Å². The summed E-state index contributed by atoms with van der Waals surface area (Å²) >= 11 is 0. The van der Waals surface area contributed by atoms with Crippen LogP contribution in [0.4, 0.5) is 9.59 Å². The fourth-order valence-corrected chi connectivity index (χ4v) is 2.85. The first kappa shape index (κ1) is 26.1. The molecular formula is C22H35N3O6. The fourth-order valence-electron chi connectivity index (χ4n) is 2.85. The Labute approximate surface area is 183 Å². The third-order valence-electron chi connectivity index (χ3n) is 4.01. The summed E-state index contributed by atoms with van der Waals surface area (Å²) in [6.07, 6.45) is 1.51. The van der Waals surface area contributed by atoms with Crippen molar-refractivity contribution in [2.24, 2.45) is 5.73 Å². The van der Waals surface area contributed by atoms with Crippen LogP contribution in [0, 0.1) is 0 Å². The quantitative estimate of drug-likeness (QED) is 0.571. The molecule has 1 aromatic rings. The number of hydrogen-bond donors (Lipinski definition) is 4. The van der Waals surface area contributed by atoms with Crippen LogP contribution in [0.2, 0.25) is 0 Å². The van der Waals surface area contributed by atoms with Gasteiger partial charge in [0.2, 0.25) is 5.91 Å². The zero-order valence-electron chi connectivity index (χ0n) is 19.2. The topological polar surface area (TPSA) is 140 Å². The van der Waals surface area contributed by atoms with E-state index in [2.05, 4.69) is 10.6 Å². The Morgan fingerprint density at radius 3 is 1.71 bits per heavy atom. The summed E-state index contributed by atoms with van der Waals surface area (Å²) in [5.74, 6) is -0.479. The molecule has 1 saturated carbocycles. The smallest absolute Gasteiger partial charge is 0.407 e. The largest absolute Gasteiger partial charge is 0.508 e. The van der Waals surface area contributed by atoms with Crippen molar-refractivity contribution in [1.29, 1.82) is 0 Å². The minimum atomic E-state index is -0.532. The number of phenols is 1. The Morgan fingerprint density at radius 1 is 0.935 bits per heavy atom.